The van der Waals surface area contributed by atoms with E-state index in [1.165, 1.54) is 0 Å². The third kappa shape index (κ3) is 6.93. The van der Waals surface area contributed by atoms with Crippen LogP contribution in [0.1, 0.15) is 37.9 Å². The molecule has 9 nitrogen and oxygen atoms in total. The maximum absolute atomic E-state index is 12.4. The number of fused-ring (bicyclic) bond motifs is 1. The summed E-state index contributed by atoms with van der Waals surface area (Å²) in [5, 5.41) is 2.70. The second kappa shape index (κ2) is 12.4. The van der Waals surface area contributed by atoms with Crippen LogP contribution in [-0.4, -0.2) is 44.4 Å². The molecule has 0 saturated heterocycles. The Bertz CT molecular complexity index is 1500. The quantitative estimate of drug-likeness (QED) is 0.168. The van der Waals surface area contributed by atoms with E-state index in [4.69, 9.17) is 25.8 Å². The number of halogens is 1. The summed E-state index contributed by atoms with van der Waals surface area (Å²) in [5.74, 6) is 0.159. The zero-order chi connectivity index (χ0) is 29.0. The number of nitrogens with one attached hydrogen (secondary N) is 1. The molecule has 0 bridgehead atoms. The fourth-order valence-corrected chi connectivity index (χ4v) is 5.21. The minimum absolute atomic E-state index is 0.0306. The van der Waals surface area contributed by atoms with E-state index in [0.29, 0.717) is 37.6 Å². The monoisotopic (exact) mass is 575 g/mol. The van der Waals surface area contributed by atoms with Gasteiger partial charge >= 0.3 is 6.09 Å². The molecule has 5 rings (SSSR count). The van der Waals surface area contributed by atoms with Gasteiger partial charge in [0.05, 0.1) is 38.8 Å². The Kier molecular flexibility index (Phi) is 8.68. The van der Waals surface area contributed by atoms with Crippen LogP contribution in [-0.2, 0) is 27.4 Å². The Morgan fingerprint density at radius 1 is 0.976 bits per heavy atom. The van der Waals surface area contributed by atoms with E-state index in [1.54, 1.807) is 27.1 Å². The van der Waals surface area contributed by atoms with Crippen LogP contribution < -0.4 is 5.32 Å². The number of carbonyl (C=O) groups is 1. The fraction of sp³-hybridized carbons (Fsp3) is 0.355. The number of rotatable bonds is 10. The molecule has 0 spiro atoms. The largest absolute Gasteiger partial charge is 0.444 e. The molecular formula is C31H34ClN5O4. The number of aromatic nitrogens is 4. The number of hydrogen-bond donors (Lipinski definition) is 1. The molecule has 41 heavy (non-hydrogen) atoms. The molecule has 10 heteroatoms. The van der Waals surface area contributed by atoms with Crippen LogP contribution in [0.2, 0.25) is 5.15 Å². The number of nitrogens with zero attached hydrogens (tertiary/aromatic N) is 4. The highest BCUT2D eigenvalue weighted by Crippen LogP contribution is 2.49. The molecule has 0 unspecified atom stereocenters. The second-order valence-electron chi connectivity index (χ2n) is 11.1. The van der Waals surface area contributed by atoms with Gasteiger partial charge in [0.2, 0.25) is 5.95 Å². The summed E-state index contributed by atoms with van der Waals surface area (Å²) in [7, 11) is 0. The van der Waals surface area contributed by atoms with Gasteiger partial charge in [-0.05, 0) is 37.5 Å². The SMILES string of the molecule is C=C1[C@@H](n2cnc3c(Cl)nc(NC(=O)OC(C)(C)C)nc32)[C@H](COCc2ccccc2)[C@H]1COCc1ccccc1. The molecule has 2 heterocycles. The number of benzene rings is 2. The van der Waals surface area contributed by atoms with Crippen molar-refractivity contribution < 1.29 is 19.0 Å². The highest BCUT2D eigenvalue weighted by atomic mass is 35.5. The van der Waals surface area contributed by atoms with Crippen molar-refractivity contribution in [1.29, 1.82) is 0 Å². The topological polar surface area (TPSA) is 100 Å². The number of amides is 1. The van der Waals surface area contributed by atoms with Crippen molar-refractivity contribution in [2.75, 3.05) is 18.5 Å². The number of anilines is 1. The van der Waals surface area contributed by atoms with E-state index in [-0.39, 0.29) is 29.0 Å². The van der Waals surface area contributed by atoms with Crippen LogP contribution in [0.15, 0.2) is 79.1 Å². The second-order valence-corrected chi connectivity index (χ2v) is 11.4. The minimum atomic E-state index is -0.673. The molecular weight excluding hydrogens is 542 g/mol. The highest BCUT2D eigenvalue weighted by Gasteiger charge is 2.46. The fourth-order valence-electron chi connectivity index (χ4n) is 5.00. The van der Waals surface area contributed by atoms with Gasteiger partial charge in [-0.2, -0.15) is 9.97 Å². The maximum Gasteiger partial charge on any atom is 0.414 e. The molecule has 1 N–H and O–H groups in total. The summed E-state index contributed by atoms with van der Waals surface area (Å²) in [5.41, 5.74) is 3.45. The molecule has 1 aliphatic carbocycles. The molecule has 2 aromatic carbocycles. The van der Waals surface area contributed by atoms with Crippen LogP contribution in [0.3, 0.4) is 0 Å². The summed E-state index contributed by atoms with van der Waals surface area (Å²) < 4.78 is 19.6. The summed E-state index contributed by atoms with van der Waals surface area (Å²) in [6.45, 7) is 11.8. The van der Waals surface area contributed by atoms with Gasteiger partial charge < -0.3 is 18.8 Å². The summed E-state index contributed by atoms with van der Waals surface area (Å²) >= 11 is 6.45. The summed E-state index contributed by atoms with van der Waals surface area (Å²) in [4.78, 5) is 25.6. The van der Waals surface area contributed by atoms with Gasteiger partial charge in [0.25, 0.3) is 0 Å². The third-order valence-corrected chi connectivity index (χ3v) is 7.16. The Morgan fingerprint density at radius 3 is 2.20 bits per heavy atom. The number of ether oxygens (including phenoxy) is 3. The van der Waals surface area contributed by atoms with Crippen molar-refractivity contribution in [3.63, 3.8) is 0 Å². The van der Waals surface area contributed by atoms with Crippen LogP contribution in [0.5, 0.6) is 0 Å². The molecule has 4 aromatic rings. The first-order chi connectivity index (χ1) is 19.7. The first-order valence-electron chi connectivity index (χ1n) is 13.5. The molecule has 1 saturated carbocycles. The molecule has 0 aliphatic heterocycles. The van der Waals surface area contributed by atoms with Gasteiger partial charge in [-0.25, -0.2) is 9.78 Å². The molecule has 3 atom stereocenters. The predicted octanol–water partition coefficient (Wildman–Crippen LogP) is 6.60. The molecule has 1 fully saturated rings. The van der Waals surface area contributed by atoms with Crippen LogP contribution in [0.25, 0.3) is 11.2 Å². The average Bonchev–Trinajstić information content (AvgIpc) is 3.34. The van der Waals surface area contributed by atoms with E-state index in [2.05, 4.69) is 26.8 Å². The van der Waals surface area contributed by atoms with Gasteiger partial charge in [0.1, 0.15) is 11.1 Å². The van der Waals surface area contributed by atoms with E-state index in [1.807, 2.05) is 65.2 Å². The standard InChI is InChI=1S/C31H34ClN5O4/c1-20-23(17-39-15-21-11-7-5-8-12-21)24(18-40-16-22-13-9-6-10-14-22)26(20)37-19-33-25-27(32)34-29(35-28(25)37)36-30(38)41-31(2,3)4/h5-14,19,23-24,26H,1,15-18H2,2-4H3,(H,34,35,36,38)/t23-,24+,26+/m0/s1. The first kappa shape index (κ1) is 28.7. The minimum Gasteiger partial charge on any atom is -0.444 e. The van der Waals surface area contributed by atoms with E-state index < -0.39 is 11.7 Å². The zero-order valence-corrected chi connectivity index (χ0v) is 24.2. The van der Waals surface area contributed by atoms with Gasteiger partial charge in [0.15, 0.2) is 10.8 Å². The number of imidazole rings is 1. The van der Waals surface area contributed by atoms with Crippen molar-refractivity contribution in [2.45, 2.75) is 45.6 Å². The Labute approximate surface area is 244 Å². The van der Waals surface area contributed by atoms with Gasteiger partial charge in [-0.3, -0.25) is 5.32 Å². The predicted molar refractivity (Wildman–Crippen MR) is 158 cm³/mol. The lowest BCUT2D eigenvalue weighted by Gasteiger charge is -2.47. The van der Waals surface area contributed by atoms with Gasteiger partial charge in [0, 0.05) is 11.8 Å². The molecule has 1 amide bonds. The molecule has 2 aromatic heterocycles. The van der Waals surface area contributed by atoms with Crippen molar-refractivity contribution in [1.82, 2.24) is 19.5 Å². The van der Waals surface area contributed by atoms with Crippen molar-refractivity contribution in [2.24, 2.45) is 11.8 Å². The van der Waals surface area contributed by atoms with Crippen molar-refractivity contribution >= 4 is 34.8 Å². The third-order valence-electron chi connectivity index (χ3n) is 6.90. The lowest BCUT2D eigenvalue weighted by Crippen LogP contribution is -2.45. The van der Waals surface area contributed by atoms with Crippen LogP contribution in [0, 0.1) is 11.8 Å². The summed E-state index contributed by atoms with van der Waals surface area (Å²) in [6, 6.07) is 20.0. The normalized spacial score (nSPS) is 18.7. The highest BCUT2D eigenvalue weighted by molar-refractivity contribution is 6.33. The number of carbonyl (C=O) groups excluding carboxylic acids is 1. The van der Waals surface area contributed by atoms with Crippen molar-refractivity contribution in [3.8, 4) is 0 Å². The summed E-state index contributed by atoms with van der Waals surface area (Å²) in [6.07, 6.45) is 1.01. The first-order valence-corrected chi connectivity index (χ1v) is 13.9. The van der Waals surface area contributed by atoms with Crippen LogP contribution in [0.4, 0.5) is 10.7 Å². The van der Waals surface area contributed by atoms with Gasteiger partial charge in [-0.1, -0.05) is 78.8 Å². The van der Waals surface area contributed by atoms with E-state index in [0.717, 1.165) is 16.7 Å². The van der Waals surface area contributed by atoms with Crippen LogP contribution >= 0.6 is 11.6 Å². The lowest BCUT2D eigenvalue weighted by atomic mass is 9.66. The maximum atomic E-state index is 12.4. The molecule has 0 radical (unpaired) electrons. The van der Waals surface area contributed by atoms with Crippen molar-refractivity contribution in [3.05, 3.63) is 95.4 Å². The Balaban J connectivity index is 1.36. The zero-order valence-electron chi connectivity index (χ0n) is 23.4. The smallest absolute Gasteiger partial charge is 0.414 e. The Morgan fingerprint density at radius 2 is 1.59 bits per heavy atom. The Hall–Kier alpha value is -3.79. The van der Waals surface area contributed by atoms with E-state index in [9.17, 15) is 4.79 Å². The molecule has 214 valence electrons. The average molecular weight is 576 g/mol. The van der Waals surface area contributed by atoms with Gasteiger partial charge in [-0.15, -0.1) is 0 Å². The number of hydrogen-bond acceptors (Lipinski definition) is 7. The van der Waals surface area contributed by atoms with E-state index >= 15 is 0 Å². The molecule has 1 aliphatic rings. The lowest BCUT2D eigenvalue weighted by molar-refractivity contribution is -0.0163.